The zero-order valence-corrected chi connectivity index (χ0v) is 12.6. The Kier molecular flexibility index (Phi) is 2.79. The lowest BCUT2D eigenvalue weighted by Crippen LogP contribution is -2.16. The van der Waals surface area contributed by atoms with Crippen LogP contribution in [0, 0.1) is 13.8 Å². The van der Waals surface area contributed by atoms with Gasteiger partial charge in [-0.3, -0.25) is 14.7 Å². The van der Waals surface area contributed by atoms with Crippen molar-refractivity contribution in [2.45, 2.75) is 32.7 Å². The average Bonchev–Trinajstić information content (AvgIpc) is 3.12. The number of aryl methyl sites for hydroxylation is 2. The summed E-state index contributed by atoms with van der Waals surface area (Å²) >= 11 is 0. The standard InChI is InChI=1S/C16H17N5O/c1-9-3-4-11-8-14(17-13(11)7-9)15(22)18-16-20-19-10(2)21(16)12-5-6-12/h3-4,7-8,12,17H,5-6H2,1-2H3,(H,18,20,22). The number of carbonyl (C=O) groups excluding carboxylic acids is 1. The Hall–Kier alpha value is -2.63. The van der Waals surface area contributed by atoms with E-state index >= 15 is 0 Å². The number of benzene rings is 1. The van der Waals surface area contributed by atoms with E-state index in [0.29, 0.717) is 17.7 Å². The lowest BCUT2D eigenvalue weighted by atomic mass is 10.2. The van der Waals surface area contributed by atoms with Gasteiger partial charge in [0.2, 0.25) is 5.95 Å². The molecule has 1 aliphatic carbocycles. The Labute approximate surface area is 127 Å². The molecule has 0 bridgehead atoms. The first kappa shape index (κ1) is 13.1. The summed E-state index contributed by atoms with van der Waals surface area (Å²) in [4.78, 5) is 15.6. The molecule has 0 saturated heterocycles. The first-order valence-corrected chi connectivity index (χ1v) is 7.44. The number of carbonyl (C=O) groups is 1. The molecule has 3 aromatic rings. The maximum absolute atomic E-state index is 12.4. The molecule has 2 aromatic heterocycles. The second-order valence-electron chi connectivity index (χ2n) is 5.90. The van der Waals surface area contributed by atoms with Crippen LogP contribution in [0.2, 0.25) is 0 Å². The van der Waals surface area contributed by atoms with E-state index in [1.807, 2.05) is 42.7 Å². The van der Waals surface area contributed by atoms with Gasteiger partial charge in [-0.1, -0.05) is 12.1 Å². The van der Waals surface area contributed by atoms with E-state index in [2.05, 4.69) is 20.5 Å². The Morgan fingerprint density at radius 2 is 2.09 bits per heavy atom. The SMILES string of the molecule is Cc1ccc2cc(C(=O)Nc3nnc(C)n3C3CC3)[nH]c2c1. The van der Waals surface area contributed by atoms with Crippen LogP contribution in [0.5, 0.6) is 0 Å². The molecule has 0 radical (unpaired) electrons. The number of H-pyrrole nitrogens is 1. The van der Waals surface area contributed by atoms with Gasteiger partial charge in [0.15, 0.2) is 0 Å². The fraction of sp³-hybridized carbons (Fsp3) is 0.312. The normalized spacial score (nSPS) is 14.5. The third-order valence-corrected chi connectivity index (χ3v) is 4.03. The topological polar surface area (TPSA) is 75.6 Å². The second kappa shape index (κ2) is 4.69. The first-order chi connectivity index (χ1) is 10.6. The van der Waals surface area contributed by atoms with Crippen LogP contribution in [-0.2, 0) is 0 Å². The fourth-order valence-electron chi connectivity index (χ4n) is 2.76. The van der Waals surface area contributed by atoms with Crippen LogP contribution in [0.1, 0.15) is 40.8 Å². The van der Waals surface area contributed by atoms with Crippen LogP contribution in [0.3, 0.4) is 0 Å². The minimum absolute atomic E-state index is 0.192. The van der Waals surface area contributed by atoms with Crippen molar-refractivity contribution in [3.63, 3.8) is 0 Å². The molecule has 1 amide bonds. The number of rotatable bonds is 3. The van der Waals surface area contributed by atoms with E-state index < -0.39 is 0 Å². The third-order valence-electron chi connectivity index (χ3n) is 4.03. The summed E-state index contributed by atoms with van der Waals surface area (Å²) in [5.41, 5.74) is 2.65. The number of hydrogen-bond donors (Lipinski definition) is 2. The molecule has 2 heterocycles. The molecule has 0 unspecified atom stereocenters. The number of nitrogens with one attached hydrogen (secondary N) is 2. The molecule has 0 atom stereocenters. The van der Waals surface area contributed by atoms with Gasteiger partial charge in [-0.2, -0.15) is 0 Å². The molecule has 1 fully saturated rings. The Bertz CT molecular complexity index is 872. The number of anilines is 1. The molecule has 2 N–H and O–H groups in total. The highest BCUT2D eigenvalue weighted by Gasteiger charge is 2.29. The van der Waals surface area contributed by atoms with Crippen LogP contribution in [0.4, 0.5) is 5.95 Å². The molecule has 6 nitrogen and oxygen atoms in total. The zero-order valence-electron chi connectivity index (χ0n) is 12.6. The summed E-state index contributed by atoms with van der Waals surface area (Å²) in [6, 6.07) is 8.35. The Morgan fingerprint density at radius 1 is 1.27 bits per heavy atom. The van der Waals surface area contributed by atoms with Crippen LogP contribution < -0.4 is 5.32 Å². The van der Waals surface area contributed by atoms with E-state index in [4.69, 9.17) is 0 Å². The van der Waals surface area contributed by atoms with Gasteiger partial charge in [-0.15, -0.1) is 10.2 Å². The van der Waals surface area contributed by atoms with E-state index in [-0.39, 0.29) is 5.91 Å². The summed E-state index contributed by atoms with van der Waals surface area (Å²) < 4.78 is 2.00. The van der Waals surface area contributed by atoms with Crippen molar-refractivity contribution in [3.05, 3.63) is 41.3 Å². The minimum Gasteiger partial charge on any atom is -0.351 e. The molecule has 1 aliphatic rings. The number of aromatic amines is 1. The smallest absolute Gasteiger partial charge is 0.274 e. The molecular formula is C16H17N5O. The number of hydrogen-bond acceptors (Lipinski definition) is 3. The van der Waals surface area contributed by atoms with Crippen molar-refractivity contribution in [3.8, 4) is 0 Å². The highest BCUT2D eigenvalue weighted by molar-refractivity contribution is 6.05. The summed E-state index contributed by atoms with van der Waals surface area (Å²) in [6.45, 7) is 3.94. The van der Waals surface area contributed by atoms with Gasteiger partial charge >= 0.3 is 0 Å². The summed E-state index contributed by atoms with van der Waals surface area (Å²) in [7, 11) is 0. The van der Waals surface area contributed by atoms with Crippen LogP contribution in [-0.4, -0.2) is 25.7 Å². The molecule has 22 heavy (non-hydrogen) atoms. The average molecular weight is 295 g/mol. The van der Waals surface area contributed by atoms with Crippen molar-refractivity contribution >= 4 is 22.8 Å². The van der Waals surface area contributed by atoms with Gasteiger partial charge in [0.1, 0.15) is 11.5 Å². The maximum Gasteiger partial charge on any atom is 0.274 e. The molecule has 6 heteroatoms. The summed E-state index contributed by atoms with van der Waals surface area (Å²) in [5.74, 6) is 1.17. The number of aromatic nitrogens is 4. The molecule has 0 aliphatic heterocycles. The second-order valence-corrected chi connectivity index (χ2v) is 5.90. The van der Waals surface area contributed by atoms with Crippen molar-refractivity contribution in [1.29, 1.82) is 0 Å². The van der Waals surface area contributed by atoms with Crippen molar-refractivity contribution in [2.24, 2.45) is 0 Å². The molecule has 1 aromatic carbocycles. The summed E-state index contributed by atoms with van der Waals surface area (Å²) in [5, 5.41) is 12.0. The lowest BCUT2D eigenvalue weighted by Gasteiger charge is -2.07. The van der Waals surface area contributed by atoms with E-state index in [9.17, 15) is 4.79 Å². The quantitative estimate of drug-likeness (QED) is 0.780. The van der Waals surface area contributed by atoms with Crippen molar-refractivity contribution in [1.82, 2.24) is 19.7 Å². The Morgan fingerprint density at radius 3 is 2.86 bits per heavy atom. The van der Waals surface area contributed by atoms with E-state index in [0.717, 1.165) is 35.1 Å². The largest absolute Gasteiger partial charge is 0.351 e. The van der Waals surface area contributed by atoms with Gasteiger partial charge in [0.05, 0.1) is 0 Å². The highest BCUT2D eigenvalue weighted by atomic mass is 16.2. The van der Waals surface area contributed by atoms with Crippen molar-refractivity contribution < 1.29 is 4.79 Å². The summed E-state index contributed by atoms with van der Waals surface area (Å²) in [6.07, 6.45) is 2.24. The fourth-order valence-corrected chi connectivity index (χ4v) is 2.76. The number of amides is 1. The number of fused-ring (bicyclic) bond motifs is 1. The van der Waals surface area contributed by atoms with Crippen LogP contribution in [0.15, 0.2) is 24.3 Å². The predicted molar refractivity (Wildman–Crippen MR) is 84.0 cm³/mol. The first-order valence-electron chi connectivity index (χ1n) is 7.44. The van der Waals surface area contributed by atoms with Gasteiger partial charge < -0.3 is 4.98 Å². The van der Waals surface area contributed by atoms with E-state index in [1.54, 1.807) is 0 Å². The molecular weight excluding hydrogens is 278 g/mol. The molecule has 112 valence electrons. The van der Waals surface area contributed by atoms with Gasteiger partial charge in [-0.25, -0.2) is 0 Å². The minimum atomic E-state index is -0.192. The maximum atomic E-state index is 12.4. The van der Waals surface area contributed by atoms with Crippen LogP contribution in [0.25, 0.3) is 10.9 Å². The number of nitrogens with zero attached hydrogens (tertiary/aromatic N) is 3. The van der Waals surface area contributed by atoms with Crippen LogP contribution >= 0.6 is 0 Å². The molecule has 1 saturated carbocycles. The van der Waals surface area contributed by atoms with Gasteiger partial charge in [0, 0.05) is 16.9 Å². The van der Waals surface area contributed by atoms with Gasteiger partial charge in [0.25, 0.3) is 5.91 Å². The Balaban J connectivity index is 1.63. The highest BCUT2D eigenvalue weighted by Crippen LogP contribution is 2.37. The zero-order chi connectivity index (χ0) is 15.3. The lowest BCUT2D eigenvalue weighted by molar-refractivity contribution is 0.102. The molecule has 0 spiro atoms. The van der Waals surface area contributed by atoms with Gasteiger partial charge in [-0.05, 0) is 44.4 Å². The van der Waals surface area contributed by atoms with E-state index in [1.165, 1.54) is 0 Å². The third kappa shape index (κ3) is 2.16. The van der Waals surface area contributed by atoms with Crippen molar-refractivity contribution in [2.75, 3.05) is 5.32 Å². The predicted octanol–water partition coefficient (Wildman–Crippen LogP) is 2.96. The monoisotopic (exact) mass is 295 g/mol. The molecule has 4 rings (SSSR count).